The van der Waals surface area contributed by atoms with Crippen LogP contribution in [-0.4, -0.2) is 50.3 Å². The number of nitrogens with two attached hydrogens (primary N) is 1. The van der Waals surface area contributed by atoms with E-state index in [-0.39, 0.29) is 6.04 Å². The van der Waals surface area contributed by atoms with Crippen LogP contribution in [0.3, 0.4) is 0 Å². The van der Waals surface area contributed by atoms with Crippen molar-refractivity contribution in [2.24, 2.45) is 5.73 Å². The molecule has 2 heterocycles. The van der Waals surface area contributed by atoms with Gasteiger partial charge in [-0.1, -0.05) is 6.92 Å². The molecule has 2 rings (SSSR count). The number of likely N-dealkylation sites (N-methyl/N-ethyl adjacent to an activating group) is 1. The molecule has 1 aromatic rings. The summed E-state index contributed by atoms with van der Waals surface area (Å²) in [5.74, 6) is 0. The summed E-state index contributed by atoms with van der Waals surface area (Å²) in [7, 11) is -1.39. The van der Waals surface area contributed by atoms with E-state index in [4.69, 9.17) is 5.73 Å². The molecule has 0 spiro atoms. The molecule has 0 bridgehead atoms. The zero-order chi connectivity index (χ0) is 14.9. The topological polar surface area (TPSA) is 66.6 Å². The van der Waals surface area contributed by atoms with E-state index in [0.717, 1.165) is 17.8 Å². The second-order valence-electron chi connectivity index (χ2n) is 4.96. The van der Waals surface area contributed by atoms with Gasteiger partial charge in [0, 0.05) is 37.1 Å². The standard InChI is InChI=1S/C12H20BrN3O2S2/c1-3-9-8-16(5-4-15(9)2)20(17,18)11-6-10(7-14)19-12(11)13/h6,9H,3-5,7-8,14H2,1-2H3. The van der Waals surface area contributed by atoms with Gasteiger partial charge in [0.15, 0.2) is 0 Å². The fourth-order valence-corrected chi connectivity index (χ4v) is 6.37. The quantitative estimate of drug-likeness (QED) is 0.861. The second kappa shape index (κ2) is 6.41. The highest BCUT2D eigenvalue weighted by atomic mass is 79.9. The third-order valence-corrected chi connectivity index (χ3v) is 7.88. The Bertz CT molecular complexity index is 573. The Labute approximate surface area is 132 Å². The Kier molecular flexibility index (Phi) is 5.25. The first-order valence-corrected chi connectivity index (χ1v) is 9.63. The van der Waals surface area contributed by atoms with Gasteiger partial charge in [-0.05, 0) is 35.5 Å². The van der Waals surface area contributed by atoms with E-state index in [9.17, 15) is 8.42 Å². The van der Waals surface area contributed by atoms with Gasteiger partial charge in [-0.2, -0.15) is 4.31 Å². The van der Waals surface area contributed by atoms with Crippen molar-refractivity contribution in [3.8, 4) is 0 Å². The Balaban J connectivity index is 2.28. The maximum absolute atomic E-state index is 12.7. The highest BCUT2D eigenvalue weighted by molar-refractivity contribution is 9.11. The normalized spacial score (nSPS) is 22.3. The fourth-order valence-electron chi connectivity index (χ4n) is 2.39. The van der Waals surface area contributed by atoms with E-state index >= 15 is 0 Å². The molecular formula is C12H20BrN3O2S2. The molecule has 1 unspecified atom stereocenters. The number of hydrogen-bond acceptors (Lipinski definition) is 5. The van der Waals surface area contributed by atoms with E-state index in [1.807, 2.05) is 7.05 Å². The lowest BCUT2D eigenvalue weighted by Gasteiger charge is -2.38. The van der Waals surface area contributed by atoms with Crippen LogP contribution in [0.15, 0.2) is 14.7 Å². The Morgan fingerprint density at radius 3 is 2.75 bits per heavy atom. The van der Waals surface area contributed by atoms with Crippen molar-refractivity contribution in [1.29, 1.82) is 0 Å². The molecule has 1 aliphatic rings. The summed E-state index contributed by atoms with van der Waals surface area (Å²) in [6.45, 7) is 4.30. The minimum atomic E-state index is -3.43. The van der Waals surface area contributed by atoms with Crippen LogP contribution in [-0.2, 0) is 16.6 Å². The van der Waals surface area contributed by atoms with Crippen LogP contribution in [0.5, 0.6) is 0 Å². The van der Waals surface area contributed by atoms with Gasteiger partial charge < -0.3 is 10.6 Å². The molecule has 1 aromatic heterocycles. The average molecular weight is 382 g/mol. The van der Waals surface area contributed by atoms with Gasteiger partial charge in [0.1, 0.15) is 4.90 Å². The maximum atomic E-state index is 12.7. The second-order valence-corrected chi connectivity index (χ2v) is 9.32. The monoisotopic (exact) mass is 381 g/mol. The summed E-state index contributed by atoms with van der Waals surface area (Å²) >= 11 is 4.74. The van der Waals surface area contributed by atoms with Gasteiger partial charge in [-0.3, -0.25) is 0 Å². The van der Waals surface area contributed by atoms with Crippen molar-refractivity contribution in [3.05, 3.63) is 14.7 Å². The number of sulfonamides is 1. The first kappa shape index (κ1) is 16.4. The van der Waals surface area contributed by atoms with E-state index < -0.39 is 10.0 Å². The molecule has 8 heteroatoms. The van der Waals surface area contributed by atoms with Gasteiger partial charge in [0.2, 0.25) is 10.0 Å². The smallest absolute Gasteiger partial charge is 0.245 e. The summed E-state index contributed by atoms with van der Waals surface area (Å²) in [6.07, 6.45) is 0.946. The molecule has 0 amide bonds. The van der Waals surface area contributed by atoms with Crippen LogP contribution in [0.2, 0.25) is 0 Å². The SMILES string of the molecule is CCC1CN(S(=O)(=O)c2cc(CN)sc2Br)CCN1C. The maximum Gasteiger partial charge on any atom is 0.245 e. The fraction of sp³-hybridized carbons (Fsp3) is 0.667. The third-order valence-electron chi connectivity index (χ3n) is 3.74. The number of thiophene rings is 1. The van der Waals surface area contributed by atoms with Crippen molar-refractivity contribution < 1.29 is 8.42 Å². The Morgan fingerprint density at radius 2 is 2.20 bits per heavy atom. The van der Waals surface area contributed by atoms with Crippen LogP contribution >= 0.6 is 27.3 Å². The predicted molar refractivity (Wildman–Crippen MR) is 85.4 cm³/mol. The molecule has 1 aliphatic heterocycles. The summed E-state index contributed by atoms with van der Waals surface area (Å²) in [5, 5.41) is 0. The molecule has 1 saturated heterocycles. The number of piperazine rings is 1. The molecule has 0 aliphatic carbocycles. The van der Waals surface area contributed by atoms with Gasteiger partial charge in [0.05, 0.1) is 3.79 Å². The highest BCUT2D eigenvalue weighted by Crippen LogP contribution is 2.34. The molecule has 0 aromatic carbocycles. The lowest BCUT2D eigenvalue weighted by Crippen LogP contribution is -2.52. The zero-order valence-corrected chi connectivity index (χ0v) is 14.9. The molecule has 0 radical (unpaired) electrons. The molecule has 0 saturated carbocycles. The summed E-state index contributed by atoms with van der Waals surface area (Å²) in [4.78, 5) is 3.44. The molecule has 20 heavy (non-hydrogen) atoms. The van der Waals surface area contributed by atoms with Crippen molar-refractivity contribution in [1.82, 2.24) is 9.21 Å². The molecular weight excluding hydrogens is 362 g/mol. The average Bonchev–Trinajstić information content (AvgIpc) is 2.81. The van der Waals surface area contributed by atoms with Gasteiger partial charge in [-0.15, -0.1) is 11.3 Å². The van der Waals surface area contributed by atoms with E-state index in [1.54, 1.807) is 10.4 Å². The first-order chi connectivity index (χ1) is 9.40. The van der Waals surface area contributed by atoms with Crippen molar-refractivity contribution in [2.45, 2.75) is 30.8 Å². The molecule has 5 nitrogen and oxygen atoms in total. The highest BCUT2D eigenvalue weighted by Gasteiger charge is 2.33. The van der Waals surface area contributed by atoms with Crippen molar-refractivity contribution >= 4 is 37.3 Å². The Morgan fingerprint density at radius 1 is 1.50 bits per heavy atom. The summed E-state index contributed by atoms with van der Waals surface area (Å²) < 4.78 is 27.7. The lowest BCUT2D eigenvalue weighted by atomic mass is 10.1. The van der Waals surface area contributed by atoms with Crippen molar-refractivity contribution in [3.63, 3.8) is 0 Å². The number of rotatable bonds is 4. The van der Waals surface area contributed by atoms with Crippen LogP contribution in [0, 0.1) is 0 Å². The van der Waals surface area contributed by atoms with Gasteiger partial charge in [0.25, 0.3) is 0 Å². The first-order valence-electron chi connectivity index (χ1n) is 6.58. The van der Waals surface area contributed by atoms with Crippen LogP contribution < -0.4 is 5.73 Å². The Hall–Kier alpha value is 0.01000. The molecule has 114 valence electrons. The largest absolute Gasteiger partial charge is 0.326 e. The molecule has 1 atom stereocenters. The van der Waals surface area contributed by atoms with Crippen LogP contribution in [0.25, 0.3) is 0 Å². The number of hydrogen-bond donors (Lipinski definition) is 1. The van der Waals surface area contributed by atoms with Crippen LogP contribution in [0.4, 0.5) is 0 Å². The number of nitrogens with zero attached hydrogens (tertiary/aromatic N) is 2. The van der Waals surface area contributed by atoms with E-state index in [2.05, 4.69) is 27.8 Å². The van der Waals surface area contributed by atoms with Gasteiger partial charge in [-0.25, -0.2) is 8.42 Å². The number of halogens is 1. The molecule has 1 fully saturated rings. The lowest BCUT2D eigenvalue weighted by molar-refractivity contribution is 0.144. The minimum absolute atomic E-state index is 0.282. The van der Waals surface area contributed by atoms with Gasteiger partial charge >= 0.3 is 0 Å². The van der Waals surface area contributed by atoms with Crippen molar-refractivity contribution in [2.75, 3.05) is 26.7 Å². The summed E-state index contributed by atoms with van der Waals surface area (Å²) in [5.41, 5.74) is 5.59. The zero-order valence-electron chi connectivity index (χ0n) is 11.7. The van der Waals surface area contributed by atoms with E-state index in [0.29, 0.717) is 28.3 Å². The molecule has 2 N–H and O–H groups in total. The van der Waals surface area contributed by atoms with Crippen LogP contribution in [0.1, 0.15) is 18.2 Å². The predicted octanol–water partition coefficient (Wildman–Crippen LogP) is 1.68. The summed E-state index contributed by atoms with van der Waals surface area (Å²) in [6, 6.07) is 1.97. The third kappa shape index (κ3) is 3.10. The van der Waals surface area contributed by atoms with E-state index in [1.165, 1.54) is 11.3 Å². The minimum Gasteiger partial charge on any atom is -0.326 e.